The monoisotopic (exact) mass is 442 g/mol. The van der Waals surface area contributed by atoms with E-state index in [2.05, 4.69) is 28.1 Å². The Morgan fingerprint density at radius 1 is 0.677 bits per heavy atom. The Morgan fingerprint density at radius 2 is 1.03 bits per heavy atom. The van der Waals surface area contributed by atoms with Gasteiger partial charge in [-0.15, -0.1) is 0 Å². The molecule has 0 spiro atoms. The number of carboxylic acids is 1. The van der Waals surface area contributed by atoms with E-state index in [1.807, 2.05) is 0 Å². The lowest BCUT2D eigenvalue weighted by atomic mass is 10.0. The molecule has 0 amide bonds. The number of hydrogen-bond donors (Lipinski definition) is 1. The standard InChI is InChI=1S/C27H55NO3/c1-5-6-7-8-9-10-11-12-13-14-15-16-17-18-19-20-21-22-23-31-26(24-27(29)30)25-28(2,3)4/h26H,5-25H2,1-4H3/p+1. The molecule has 0 radical (unpaired) electrons. The average molecular weight is 443 g/mol. The fraction of sp³-hybridized carbons (Fsp3) is 0.963. The summed E-state index contributed by atoms with van der Waals surface area (Å²) in [6.07, 6.45) is 24.7. The lowest BCUT2D eigenvalue weighted by Gasteiger charge is -2.28. The molecule has 0 saturated heterocycles. The van der Waals surface area contributed by atoms with Crippen molar-refractivity contribution in [3.8, 4) is 0 Å². The highest BCUT2D eigenvalue weighted by molar-refractivity contribution is 5.67. The summed E-state index contributed by atoms with van der Waals surface area (Å²) in [6, 6.07) is 0. The summed E-state index contributed by atoms with van der Waals surface area (Å²) in [6.45, 7) is 3.72. The number of rotatable bonds is 24. The molecule has 186 valence electrons. The van der Waals surface area contributed by atoms with Gasteiger partial charge >= 0.3 is 5.97 Å². The molecule has 0 aromatic heterocycles. The van der Waals surface area contributed by atoms with E-state index in [-0.39, 0.29) is 12.5 Å². The lowest BCUT2D eigenvalue weighted by Crippen LogP contribution is -2.43. The maximum absolute atomic E-state index is 11.0. The van der Waals surface area contributed by atoms with Gasteiger partial charge in [-0.3, -0.25) is 4.79 Å². The van der Waals surface area contributed by atoms with Crippen molar-refractivity contribution in [3.05, 3.63) is 0 Å². The Kier molecular flexibility index (Phi) is 20.8. The summed E-state index contributed by atoms with van der Waals surface area (Å²) in [4.78, 5) is 11.0. The van der Waals surface area contributed by atoms with Gasteiger partial charge in [0.25, 0.3) is 0 Å². The van der Waals surface area contributed by atoms with Crippen LogP contribution in [0.5, 0.6) is 0 Å². The van der Waals surface area contributed by atoms with Crippen LogP contribution in [0.15, 0.2) is 0 Å². The third-order valence-corrected chi connectivity index (χ3v) is 6.01. The molecule has 0 aromatic carbocycles. The van der Waals surface area contributed by atoms with Gasteiger partial charge in [-0.2, -0.15) is 0 Å². The van der Waals surface area contributed by atoms with E-state index in [4.69, 9.17) is 9.84 Å². The van der Waals surface area contributed by atoms with Crippen molar-refractivity contribution in [2.75, 3.05) is 34.3 Å². The quantitative estimate of drug-likeness (QED) is 0.124. The van der Waals surface area contributed by atoms with Crippen molar-refractivity contribution >= 4 is 5.97 Å². The summed E-state index contributed by atoms with van der Waals surface area (Å²) in [7, 11) is 6.23. The van der Waals surface area contributed by atoms with Gasteiger partial charge in [0.2, 0.25) is 0 Å². The topological polar surface area (TPSA) is 46.5 Å². The van der Waals surface area contributed by atoms with Gasteiger partial charge in [-0.05, 0) is 6.42 Å². The van der Waals surface area contributed by atoms with E-state index >= 15 is 0 Å². The number of carbonyl (C=O) groups is 1. The Bertz CT molecular complexity index is 392. The summed E-state index contributed by atoms with van der Waals surface area (Å²) < 4.78 is 6.59. The number of unbranched alkanes of at least 4 members (excludes halogenated alkanes) is 17. The molecule has 31 heavy (non-hydrogen) atoms. The maximum Gasteiger partial charge on any atom is 0.306 e. The first-order valence-electron chi connectivity index (χ1n) is 13.5. The molecule has 0 bridgehead atoms. The molecule has 1 N–H and O–H groups in total. The molecule has 0 aromatic rings. The van der Waals surface area contributed by atoms with Crippen LogP contribution in [0.25, 0.3) is 0 Å². The summed E-state index contributed by atoms with van der Waals surface area (Å²) in [5.74, 6) is -0.767. The van der Waals surface area contributed by atoms with Gasteiger partial charge in [0, 0.05) is 6.61 Å². The fourth-order valence-corrected chi connectivity index (χ4v) is 4.24. The molecule has 4 nitrogen and oxygen atoms in total. The Balaban J connectivity index is 3.34. The average Bonchev–Trinajstić information content (AvgIpc) is 2.68. The predicted octanol–water partition coefficient (Wildman–Crippen LogP) is 7.59. The molecule has 1 unspecified atom stereocenters. The van der Waals surface area contributed by atoms with Gasteiger partial charge in [-0.25, -0.2) is 0 Å². The van der Waals surface area contributed by atoms with Crippen LogP contribution in [-0.4, -0.2) is 56.0 Å². The zero-order valence-corrected chi connectivity index (χ0v) is 21.6. The third-order valence-electron chi connectivity index (χ3n) is 6.01. The molecule has 4 heteroatoms. The summed E-state index contributed by atoms with van der Waals surface area (Å²) in [5.41, 5.74) is 0. The first-order valence-corrected chi connectivity index (χ1v) is 13.5. The minimum absolute atomic E-state index is 0.106. The first-order chi connectivity index (χ1) is 14.8. The van der Waals surface area contributed by atoms with Crippen molar-refractivity contribution in [3.63, 3.8) is 0 Å². The molecule has 0 rings (SSSR count). The number of carboxylic acid groups (broad SMARTS) is 1. The van der Waals surface area contributed by atoms with Crippen LogP contribution < -0.4 is 0 Å². The van der Waals surface area contributed by atoms with Gasteiger partial charge in [0.15, 0.2) is 0 Å². The van der Waals surface area contributed by atoms with Gasteiger partial charge < -0.3 is 14.3 Å². The molecule has 0 aliphatic rings. The lowest BCUT2D eigenvalue weighted by molar-refractivity contribution is -0.873. The van der Waals surface area contributed by atoms with Crippen LogP contribution in [0.3, 0.4) is 0 Å². The molecular formula is C27H56NO3+. The molecule has 0 fully saturated rings. The fourth-order valence-electron chi connectivity index (χ4n) is 4.24. The third kappa shape index (κ3) is 25.5. The second-order valence-corrected chi connectivity index (χ2v) is 10.6. The van der Waals surface area contributed by atoms with E-state index in [1.165, 1.54) is 109 Å². The number of aliphatic carboxylic acids is 1. The van der Waals surface area contributed by atoms with Crippen LogP contribution in [0.1, 0.15) is 129 Å². The van der Waals surface area contributed by atoms with Gasteiger partial charge in [0.1, 0.15) is 12.6 Å². The largest absolute Gasteiger partial charge is 0.481 e. The Morgan fingerprint density at radius 3 is 1.35 bits per heavy atom. The van der Waals surface area contributed by atoms with Crippen molar-refractivity contribution in [2.24, 2.45) is 0 Å². The molecule has 0 aliphatic carbocycles. The van der Waals surface area contributed by atoms with Crippen LogP contribution in [0, 0.1) is 0 Å². The van der Waals surface area contributed by atoms with Crippen molar-refractivity contribution in [1.29, 1.82) is 0 Å². The SMILES string of the molecule is CCCCCCCCCCCCCCCCCCCCOC(CC(=O)O)C[N+](C)(C)C. The molecule has 0 aliphatic heterocycles. The molecule has 1 atom stereocenters. The molecular weight excluding hydrogens is 386 g/mol. The molecule has 0 heterocycles. The van der Waals surface area contributed by atoms with Gasteiger partial charge in [0.05, 0.1) is 27.6 Å². The second kappa shape index (κ2) is 21.2. The maximum atomic E-state index is 11.0. The normalized spacial score (nSPS) is 12.9. The minimum atomic E-state index is -0.767. The van der Waals surface area contributed by atoms with E-state index in [0.717, 1.165) is 17.4 Å². The zero-order valence-electron chi connectivity index (χ0n) is 21.6. The van der Waals surface area contributed by atoms with E-state index in [1.54, 1.807) is 0 Å². The number of likely N-dealkylation sites (N-methyl/N-ethyl adjacent to an activating group) is 1. The number of nitrogens with zero attached hydrogens (tertiary/aromatic N) is 1. The van der Waals surface area contributed by atoms with E-state index in [9.17, 15) is 4.79 Å². The van der Waals surface area contributed by atoms with Crippen LogP contribution >= 0.6 is 0 Å². The van der Waals surface area contributed by atoms with Crippen LogP contribution in [0.4, 0.5) is 0 Å². The van der Waals surface area contributed by atoms with E-state index < -0.39 is 5.97 Å². The van der Waals surface area contributed by atoms with Gasteiger partial charge in [-0.1, -0.05) is 116 Å². The zero-order chi connectivity index (χ0) is 23.2. The smallest absolute Gasteiger partial charge is 0.306 e. The number of hydrogen-bond acceptors (Lipinski definition) is 2. The highest BCUT2D eigenvalue weighted by atomic mass is 16.5. The second-order valence-electron chi connectivity index (χ2n) is 10.6. The highest BCUT2D eigenvalue weighted by Crippen LogP contribution is 2.14. The highest BCUT2D eigenvalue weighted by Gasteiger charge is 2.21. The summed E-state index contributed by atoms with van der Waals surface area (Å²) >= 11 is 0. The summed E-state index contributed by atoms with van der Waals surface area (Å²) in [5, 5.41) is 9.05. The van der Waals surface area contributed by atoms with Crippen molar-refractivity contribution in [1.82, 2.24) is 0 Å². The van der Waals surface area contributed by atoms with Crippen LogP contribution in [-0.2, 0) is 9.53 Å². The van der Waals surface area contributed by atoms with Crippen molar-refractivity contribution < 1.29 is 19.1 Å². The van der Waals surface area contributed by atoms with Crippen LogP contribution in [0.2, 0.25) is 0 Å². The predicted molar refractivity (Wildman–Crippen MR) is 134 cm³/mol. The Labute approximate surface area is 194 Å². The number of ether oxygens (including phenoxy) is 1. The minimum Gasteiger partial charge on any atom is -0.481 e. The first kappa shape index (κ1) is 30.4. The van der Waals surface area contributed by atoms with E-state index in [0.29, 0.717) is 6.61 Å². The number of quaternary nitrogens is 1. The van der Waals surface area contributed by atoms with Crippen molar-refractivity contribution in [2.45, 2.75) is 135 Å². The molecule has 0 saturated carbocycles. The Hall–Kier alpha value is -0.610.